The van der Waals surface area contributed by atoms with E-state index in [1.54, 1.807) is 0 Å². The van der Waals surface area contributed by atoms with Crippen molar-refractivity contribution in [3.05, 3.63) is 0 Å². The monoisotopic (exact) mass is 252 g/mol. The minimum absolute atomic E-state index is 0.250. The lowest BCUT2D eigenvalue weighted by atomic mass is 9.88. The lowest BCUT2D eigenvalue weighted by Gasteiger charge is -2.37. The Balaban J connectivity index is 1.91. The van der Waals surface area contributed by atoms with E-state index in [1.165, 1.54) is 32.2 Å². The van der Waals surface area contributed by atoms with Crippen LogP contribution in [0.25, 0.3) is 0 Å². The number of amides is 1. The molecule has 2 saturated heterocycles. The van der Waals surface area contributed by atoms with Gasteiger partial charge < -0.3 is 10.2 Å². The molecule has 0 aliphatic carbocycles. The van der Waals surface area contributed by atoms with E-state index >= 15 is 0 Å². The van der Waals surface area contributed by atoms with Crippen LogP contribution in [0.4, 0.5) is 0 Å². The molecule has 2 atom stereocenters. The zero-order chi connectivity index (χ0) is 13.0. The Morgan fingerprint density at radius 2 is 2.06 bits per heavy atom. The Labute approximate surface area is 111 Å². The lowest BCUT2D eigenvalue weighted by Crippen LogP contribution is -2.47. The van der Waals surface area contributed by atoms with Gasteiger partial charge in [0.25, 0.3) is 0 Å². The molecule has 1 N–H and O–H groups in total. The van der Waals surface area contributed by atoms with Gasteiger partial charge >= 0.3 is 0 Å². The normalized spacial score (nSPS) is 28.9. The van der Waals surface area contributed by atoms with Crippen LogP contribution in [0.5, 0.6) is 0 Å². The maximum atomic E-state index is 12.4. The van der Waals surface area contributed by atoms with E-state index in [0.717, 1.165) is 25.9 Å². The predicted molar refractivity (Wildman–Crippen MR) is 74.4 cm³/mol. The van der Waals surface area contributed by atoms with Crippen molar-refractivity contribution >= 4 is 5.91 Å². The van der Waals surface area contributed by atoms with Gasteiger partial charge in [-0.3, -0.25) is 4.79 Å². The molecule has 18 heavy (non-hydrogen) atoms. The first-order valence-corrected chi connectivity index (χ1v) is 7.78. The van der Waals surface area contributed by atoms with Gasteiger partial charge in [0.15, 0.2) is 0 Å². The summed E-state index contributed by atoms with van der Waals surface area (Å²) in [6.07, 6.45) is 7.06. The first-order valence-electron chi connectivity index (χ1n) is 7.78. The van der Waals surface area contributed by atoms with Crippen LogP contribution >= 0.6 is 0 Å². The molecule has 104 valence electrons. The largest absolute Gasteiger partial charge is 0.342 e. The third-order valence-corrected chi connectivity index (χ3v) is 4.77. The molecule has 0 radical (unpaired) electrons. The zero-order valence-electron chi connectivity index (χ0n) is 12.0. The van der Waals surface area contributed by atoms with Crippen molar-refractivity contribution in [3.63, 3.8) is 0 Å². The summed E-state index contributed by atoms with van der Waals surface area (Å²) in [5.74, 6) is 1.35. The van der Waals surface area contributed by atoms with Gasteiger partial charge in [-0.25, -0.2) is 0 Å². The van der Waals surface area contributed by atoms with Crippen molar-refractivity contribution in [1.29, 1.82) is 0 Å². The summed E-state index contributed by atoms with van der Waals surface area (Å²) in [6.45, 7) is 7.41. The fraction of sp³-hybridized carbons (Fsp3) is 0.933. The van der Waals surface area contributed by atoms with E-state index in [9.17, 15) is 4.79 Å². The zero-order valence-corrected chi connectivity index (χ0v) is 12.0. The standard InChI is InChI=1S/C15H28N2O/c1-3-12(4-2)15(18)17-10-6-7-13(11-17)14-8-5-9-16-14/h12-14,16H,3-11H2,1-2H3. The number of carbonyl (C=O) groups is 1. The van der Waals surface area contributed by atoms with Crippen LogP contribution in [0.2, 0.25) is 0 Å². The second-order valence-corrected chi connectivity index (χ2v) is 5.90. The van der Waals surface area contributed by atoms with Crippen LogP contribution in [0.15, 0.2) is 0 Å². The van der Waals surface area contributed by atoms with Gasteiger partial charge in [0.05, 0.1) is 0 Å². The van der Waals surface area contributed by atoms with E-state index in [0.29, 0.717) is 17.9 Å². The van der Waals surface area contributed by atoms with Gasteiger partial charge in [0.1, 0.15) is 0 Å². The van der Waals surface area contributed by atoms with Crippen molar-refractivity contribution in [2.24, 2.45) is 11.8 Å². The van der Waals surface area contributed by atoms with E-state index in [2.05, 4.69) is 24.1 Å². The molecule has 2 aliphatic rings. The molecule has 0 aromatic rings. The van der Waals surface area contributed by atoms with E-state index in [1.807, 2.05) is 0 Å². The molecular formula is C15H28N2O. The first kappa shape index (κ1) is 13.9. The Hall–Kier alpha value is -0.570. The van der Waals surface area contributed by atoms with Crippen molar-refractivity contribution in [3.8, 4) is 0 Å². The summed E-state index contributed by atoms with van der Waals surface area (Å²) in [7, 11) is 0. The SMILES string of the molecule is CCC(CC)C(=O)N1CCCC(C2CCCN2)C1. The molecule has 0 saturated carbocycles. The molecule has 3 nitrogen and oxygen atoms in total. The van der Waals surface area contributed by atoms with Crippen LogP contribution in [0.3, 0.4) is 0 Å². The van der Waals surface area contributed by atoms with E-state index in [4.69, 9.17) is 0 Å². The highest BCUT2D eigenvalue weighted by molar-refractivity contribution is 5.78. The molecule has 0 aromatic heterocycles. The van der Waals surface area contributed by atoms with Gasteiger partial charge in [0.2, 0.25) is 5.91 Å². The van der Waals surface area contributed by atoms with Gasteiger partial charge in [0, 0.05) is 25.0 Å². The molecule has 2 unspecified atom stereocenters. The topological polar surface area (TPSA) is 32.3 Å². The fourth-order valence-electron chi connectivity index (χ4n) is 3.55. The number of hydrogen-bond donors (Lipinski definition) is 1. The van der Waals surface area contributed by atoms with Gasteiger partial charge in [-0.2, -0.15) is 0 Å². The molecule has 2 fully saturated rings. The van der Waals surface area contributed by atoms with Crippen molar-refractivity contribution in [2.45, 2.75) is 58.4 Å². The average Bonchev–Trinajstić information content (AvgIpc) is 2.94. The molecule has 0 spiro atoms. The predicted octanol–water partition coefficient (Wildman–Crippen LogP) is 2.41. The molecule has 1 amide bonds. The van der Waals surface area contributed by atoms with Crippen LogP contribution in [-0.2, 0) is 4.79 Å². The number of rotatable bonds is 4. The summed E-state index contributed by atoms with van der Waals surface area (Å²) < 4.78 is 0. The number of hydrogen-bond acceptors (Lipinski definition) is 2. The highest BCUT2D eigenvalue weighted by atomic mass is 16.2. The smallest absolute Gasteiger partial charge is 0.225 e. The van der Waals surface area contributed by atoms with Gasteiger partial charge in [-0.05, 0) is 51.0 Å². The Kier molecular flexibility index (Phi) is 5.04. The number of piperidine rings is 1. The molecule has 0 aromatic carbocycles. The fourth-order valence-corrected chi connectivity index (χ4v) is 3.55. The summed E-state index contributed by atoms with van der Waals surface area (Å²) in [5, 5.41) is 3.61. The third kappa shape index (κ3) is 3.05. The maximum Gasteiger partial charge on any atom is 0.225 e. The molecule has 0 bridgehead atoms. The van der Waals surface area contributed by atoms with E-state index in [-0.39, 0.29) is 5.92 Å². The van der Waals surface area contributed by atoms with Crippen LogP contribution in [0.1, 0.15) is 52.4 Å². The van der Waals surface area contributed by atoms with Gasteiger partial charge in [-0.1, -0.05) is 13.8 Å². The Bertz CT molecular complexity index is 270. The third-order valence-electron chi connectivity index (χ3n) is 4.77. The molecule has 2 heterocycles. The molecule has 2 aliphatic heterocycles. The highest BCUT2D eigenvalue weighted by Crippen LogP contribution is 2.26. The quantitative estimate of drug-likeness (QED) is 0.833. The first-order chi connectivity index (χ1) is 8.76. The molecular weight excluding hydrogens is 224 g/mol. The van der Waals surface area contributed by atoms with E-state index < -0.39 is 0 Å². The van der Waals surface area contributed by atoms with Crippen LogP contribution in [0, 0.1) is 11.8 Å². The number of likely N-dealkylation sites (tertiary alicyclic amines) is 1. The number of nitrogens with zero attached hydrogens (tertiary/aromatic N) is 1. The molecule has 2 rings (SSSR count). The van der Waals surface area contributed by atoms with Crippen LogP contribution < -0.4 is 5.32 Å². The Morgan fingerprint density at radius 3 is 2.67 bits per heavy atom. The van der Waals surface area contributed by atoms with Gasteiger partial charge in [-0.15, -0.1) is 0 Å². The van der Waals surface area contributed by atoms with Crippen molar-refractivity contribution < 1.29 is 4.79 Å². The highest BCUT2D eigenvalue weighted by Gasteiger charge is 2.32. The second kappa shape index (κ2) is 6.55. The average molecular weight is 252 g/mol. The lowest BCUT2D eigenvalue weighted by molar-refractivity contribution is -0.137. The summed E-state index contributed by atoms with van der Waals surface area (Å²) in [4.78, 5) is 14.6. The summed E-state index contributed by atoms with van der Waals surface area (Å²) in [6, 6.07) is 0.669. The molecule has 3 heteroatoms. The number of nitrogens with one attached hydrogen (secondary N) is 1. The minimum atomic E-state index is 0.250. The minimum Gasteiger partial charge on any atom is -0.342 e. The summed E-state index contributed by atoms with van der Waals surface area (Å²) in [5.41, 5.74) is 0. The maximum absolute atomic E-state index is 12.4. The second-order valence-electron chi connectivity index (χ2n) is 5.90. The van der Waals surface area contributed by atoms with Crippen molar-refractivity contribution in [1.82, 2.24) is 10.2 Å². The Morgan fingerprint density at radius 1 is 1.28 bits per heavy atom. The van der Waals surface area contributed by atoms with Crippen molar-refractivity contribution in [2.75, 3.05) is 19.6 Å². The summed E-state index contributed by atoms with van der Waals surface area (Å²) >= 11 is 0. The van der Waals surface area contributed by atoms with Crippen LogP contribution in [-0.4, -0.2) is 36.5 Å². The number of carbonyl (C=O) groups excluding carboxylic acids is 1.